The van der Waals surface area contributed by atoms with Crippen molar-refractivity contribution in [2.24, 2.45) is 5.92 Å². The van der Waals surface area contributed by atoms with Gasteiger partial charge in [0.2, 0.25) is 11.8 Å². The number of unbranched alkanes of at least 4 members (excludes halogenated alkanes) is 1. The minimum absolute atomic E-state index is 0.111. The number of ether oxygens (including phenoxy) is 1. The van der Waals surface area contributed by atoms with E-state index in [2.05, 4.69) is 16.0 Å². The zero-order chi connectivity index (χ0) is 18.3. The van der Waals surface area contributed by atoms with E-state index in [4.69, 9.17) is 4.74 Å². The number of carbonyl (C=O) groups excluding carboxylic acids is 3. The molecule has 0 unspecified atom stereocenters. The van der Waals surface area contributed by atoms with Crippen molar-refractivity contribution in [3.63, 3.8) is 0 Å². The van der Waals surface area contributed by atoms with Crippen molar-refractivity contribution in [3.8, 4) is 0 Å². The van der Waals surface area contributed by atoms with Crippen molar-refractivity contribution in [2.75, 3.05) is 6.54 Å². The fourth-order valence-electron chi connectivity index (χ4n) is 2.49. The van der Waals surface area contributed by atoms with Gasteiger partial charge in [-0.25, -0.2) is 4.79 Å². The Bertz CT molecular complexity index is 457. The van der Waals surface area contributed by atoms with E-state index >= 15 is 0 Å². The van der Waals surface area contributed by atoms with Gasteiger partial charge in [0, 0.05) is 6.54 Å². The highest BCUT2D eigenvalue weighted by molar-refractivity contribution is 5.96. The first-order chi connectivity index (χ1) is 11.1. The molecule has 3 N–H and O–H groups in total. The second-order valence-electron chi connectivity index (χ2n) is 7.68. The highest BCUT2D eigenvalue weighted by Crippen LogP contribution is 2.11. The van der Waals surface area contributed by atoms with Gasteiger partial charge in [-0.15, -0.1) is 0 Å². The van der Waals surface area contributed by atoms with Crippen LogP contribution < -0.4 is 16.0 Å². The molecular formula is C17H31N3O4. The molecule has 1 fully saturated rings. The molecule has 7 heteroatoms. The van der Waals surface area contributed by atoms with Crippen LogP contribution in [0.5, 0.6) is 0 Å². The highest BCUT2D eigenvalue weighted by Gasteiger charge is 2.33. The Morgan fingerprint density at radius 3 is 2.29 bits per heavy atom. The van der Waals surface area contributed by atoms with Crippen LogP contribution in [0.2, 0.25) is 0 Å². The smallest absolute Gasteiger partial charge is 0.407 e. The molecule has 0 bridgehead atoms. The van der Waals surface area contributed by atoms with Crippen LogP contribution in [-0.4, -0.2) is 42.1 Å². The van der Waals surface area contributed by atoms with Gasteiger partial charge in [0.1, 0.15) is 17.7 Å². The number of hydrogen-bond acceptors (Lipinski definition) is 4. The number of amides is 3. The second kappa shape index (κ2) is 8.89. The lowest BCUT2D eigenvalue weighted by molar-refractivity contribution is -0.137. The minimum Gasteiger partial charge on any atom is -0.444 e. The van der Waals surface area contributed by atoms with Crippen LogP contribution >= 0.6 is 0 Å². The summed E-state index contributed by atoms with van der Waals surface area (Å²) in [6.07, 6.45) is 2.20. The molecule has 0 saturated carbocycles. The summed E-state index contributed by atoms with van der Waals surface area (Å²) < 4.78 is 5.14. The summed E-state index contributed by atoms with van der Waals surface area (Å²) in [6.45, 7) is 9.94. The van der Waals surface area contributed by atoms with Crippen molar-refractivity contribution in [3.05, 3.63) is 0 Å². The predicted molar refractivity (Wildman–Crippen MR) is 91.4 cm³/mol. The van der Waals surface area contributed by atoms with E-state index in [0.717, 1.165) is 6.42 Å². The number of carbonyl (C=O) groups is 3. The first-order valence-corrected chi connectivity index (χ1v) is 8.66. The summed E-state index contributed by atoms with van der Waals surface area (Å²) in [5, 5.41) is 8.26. The molecule has 0 radical (unpaired) electrons. The Hall–Kier alpha value is -1.79. The fourth-order valence-corrected chi connectivity index (χ4v) is 2.49. The van der Waals surface area contributed by atoms with Crippen molar-refractivity contribution < 1.29 is 19.1 Å². The molecule has 24 heavy (non-hydrogen) atoms. The summed E-state index contributed by atoms with van der Waals surface area (Å²) >= 11 is 0. The minimum atomic E-state index is -0.513. The summed E-state index contributed by atoms with van der Waals surface area (Å²) in [5.74, 6) is 0.108. The summed E-state index contributed by atoms with van der Waals surface area (Å²) in [6, 6.07) is -0.912. The average Bonchev–Trinajstić information content (AvgIpc) is 2.40. The van der Waals surface area contributed by atoms with Crippen molar-refractivity contribution in [1.82, 2.24) is 16.0 Å². The van der Waals surface area contributed by atoms with E-state index in [1.807, 2.05) is 34.6 Å². The van der Waals surface area contributed by atoms with Crippen LogP contribution in [-0.2, 0) is 14.3 Å². The monoisotopic (exact) mass is 341 g/mol. The largest absolute Gasteiger partial charge is 0.444 e. The number of alkyl carbamates (subject to hydrolysis) is 1. The van der Waals surface area contributed by atoms with Gasteiger partial charge >= 0.3 is 6.09 Å². The molecule has 0 aromatic heterocycles. The van der Waals surface area contributed by atoms with E-state index in [0.29, 0.717) is 31.7 Å². The molecule has 2 atom stereocenters. The second-order valence-corrected chi connectivity index (χ2v) is 7.68. The molecule has 1 heterocycles. The zero-order valence-corrected chi connectivity index (χ0v) is 15.4. The maximum Gasteiger partial charge on any atom is 0.407 e. The van der Waals surface area contributed by atoms with Gasteiger partial charge in [0.25, 0.3) is 0 Å². The van der Waals surface area contributed by atoms with Gasteiger partial charge in [-0.1, -0.05) is 13.8 Å². The van der Waals surface area contributed by atoms with E-state index < -0.39 is 23.8 Å². The third-order valence-electron chi connectivity index (χ3n) is 3.56. The summed E-state index contributed by atoms with van der Waals surface area (Å²) in [4.78, 5) is 35.5. The Labute approximate surface area is 144 Å². The molecular weight excluding hydrogens is 310 g/mol. The van der Waals surface area contributed by atoms with Crippen LogP contribution in [0, 0.1) is 5.92 Å². The molecule has 0 aromatic rings. The van der Waals surface area contributed by atoms with Crippen LogP contribution in [0.15, 0.2) is 0 Å². The van der Waals surface area contributed by atoms with E-state index in [-0.39, 0.29) is 11.8 Å². The fraction of sp³-hybridized carbons (Fsp3) is 0.824. The highest BCUT2D eigenvalue weighted by atomic mass is 16.6. The summed E-state index contributed by atoms with van der Waals surface area (Å²) in [5.41, 5.74) is -0.513. The average molecular weight is 341 g/mol. The van der Waals surface area contributed by atoms with Crippen molar-refractivity contribution >= 4 is 17.9 Å². The Morgan fingerprint density at radius 1 is 1.12 bits per heavy atom. The van der Waals surface area contributed by atoms with Gasteiger partial charge in [0.15, 0.2) is 0 Å². The number of piperazine rings is 1. The molecule has 1 aliphatic heterocycles. The van der Waals surface area contributed by atoms with Crippen LogP contribution in [0.25, 0.3) is 0 Å². The molecule has 138 valence electrons. The lowest BCUT2D eigenvalue weighted by Crippen LogP contribution is -2.61. The third-order valence-corrected chi connectivity index (χ3v) is 3.56. The van der Waals surface area contributed by atoms with E-state index in [1.54, 1.807) is 0 Å². The molecule has 1 rings (SSSR count). The first-order valence-electron chi connectivity index (χ1n) is 8.66. The zero-order valence-electron chi connectivity index (χ0n) is 15.4. The maximum atomic E-state index is 12.0. The normalized spacial score (nSPS) is 21.2. The molecule has 0 aliphatic carbocycles. The van der Waals surface area contributed by atoms with Crippen LogP contribution in [0.1, 0.15) is 60.3 Å². The van der Waals surface area contributed by atoms with E-state index in [1.165, 1.54) is 0 Å². The Morgan fingerprint density at radius 2 is 1.71 bits per heavy atom. The summed E-state index contributed by atoms with van der Waals surface area (Å²) in [7, 11) is 0. The van der Waals surface area contributed by atoms with Gasteiger partial charge in [-0.05, 0) is 52.4 Å². The van der Waals surface area contributed by atoms with Crippen molar-refractivity contribution in [1.29, 1.82) is 0 Å². The maximum absolute atomic E-state index is 12.0. The molecule has 1 saturated heterocycles. The van der Waals surface area contributed by atoms with Gasteiger partial charge in [-0.2, -0.15) is 0 Å². The topological polar surface area (TPSA) is 96.5 Å². The van der Waals surface area contributed by atoms with Gasteiger partial charge < -0.3 is 20.7 Å². The van der Waals surface area contributed by atoms with Crippen LogP contribution in [0.4, 0.5) is 4.79 Å². The number of hydrogen-bond donors (Lipinski definition) is 3. The Kier molecular flexibility index (Phi) is 7.51. The lowest BCUT2D eigenvalue weighted by Gasteiger charge is -2.30. The molecule has 3 amide bonds. The van der Waals surface area contributed by atoms with Gasteiger partial charge in [0.05, 0.1) is 0 Å². The first kappa shape index (κ1) is 20.3. The van der Waals surface area contributed by atoms with Crippen LogP contribution in [0.3, 0.4) is 0 Å². The SMILES string of the molecule is CC(C)C[C@@H]1NC(=O)[C@@H](CCCCNC(=O)OC(C)(C)C)NC1=O. The lowest BCUT2D eigenvalue weighted by atomic mass is 9.98. The van der Waals surface area contributed by atoms with Gasteiger partial charge in [-0.3, -0.25) is 9.59 Å². The number of nitrogens with one attached hydrogen (secondary N) is 3. The standard InChI is InChI=1S/C17H31N3O4/c1-11(2)10-13-15(22)19-12(14(21)20-13)8-6-7-9-18-16(23)24-17(3,4)5/h11-13H,6-10H2,1-5H3,(H,18,23)(H,19,22)(H,20,21)/t12-,13+/m1/s1. The third kappa shape index (κ3) is 7.66. The quantitative estimate of drug-likeness (QED) is 0.614. The molecule has 0 spiro atoms. The predicted octanol–water partition coefficient (Wildman–Crippen LogP) is 1.71. The van der Waals surface area contributed by atoms with Crippen molar-refractivity contribution in [2.45, 2.75) is 78.0 Å². The molecule has 1 aliphatic rings. The molecule has 0 aromatic carbocycles. The van der Waals surface area contributed by atoms with E-state index in [9.17, 15) is 14.4 Å². The number of rotatable bonds is 7. The Balaban J connectivity index is 2.23. The molecule has 7 nitrogen and oxygen atoms in total.